The first-order valence-corrected chi connectivity index (χ1v) is 13.0. The lowest BCUT2D eigenvalue weighted by atomic mass is 9.95. The second kappa shape index (κ2) is 11.8. The molecule has 1 unspecified atom stereocenters. The van der Waals surface area contributed by atoms with Crippen LogP contribution < -0.4 is 4.74 Å². The topological polar surface area (TPSA) is 70.1 Å². The van der Waals surface area contributed by atoms with Gasteiger partial charge in [-0.3, -0.25) is 9.59 Å². The summed E-state index contributed by atoms with van der Waals surface area (Å²) in [6, 6.07) is 21.8. The summed E-state index contributed by atoms with van der Waals surface area (Å²) in [5.74, 6) is -0.804. The Morgan fingerprint density at radius 3 is 2.32 bits per heavy atom. The molecule has 1 N–H and O–H groups in total. The summed E-state index contributed by atoms with van der Waals surface area (Å²) in [6.07, 6.45) is 0.708. The first-order valence-electron chi connectivity index (χ1n) is 12.2. The van der Waals surface area contributed by atoms with Crippen molar-refractivity contribution in [1.29, 1.82) is 0 Å². The van der Waals surface area contributed by atoms with Crippen LogP contribution in [0.25, 0.3) is 5.76 Å². The Hall–Kier alpha value is -3.42. The number of ketones is 1. The van der Waals surface area contributed by atoms with E-state index in [1.165, 1.54) is 0 Å². The van der Waals surface area contributed by atoms with Crippen molar-refractivity contribution in [2.24, 2.45) is 0 Å². The van der Waals surface area contributed by atoms with E-state index in [1.807, 2.05) is 74.4 Å². The monoisotopic (exact) mass is 562 g/mol. The van der Waals surface area contributed by atoms with Gasteiger partial charge in [0.1, 0.15) is 18.1 Å². The van der Waals surface area contributed by atoms with E-state index in [-0.39, 0.29) is 11.3 Å². The molecule has 3 aromatic carbocycles. The number of carbonyl (C=O) groups is 2. The normalized spacial score (nSPS) is 17.0. The summed E-state index contributed by atoms with van der Waals surface area (Å²) in [4.78, 5) is 29.9. The number of carbonyl (C=O) groups excluding carboxylic acids is 2. The van der Waals surface area contributed by atoms with E-state index in [1.54, 1.807) is 29.2 Å². The molecule has 1 aliphatic rings. The van der Waals surface area contributed by atoms with Gasteiger partial charge >= 0.3 is 0 Å². The number of aliphatic hydroxyl groups is 1. The Bertz CT molecular complexity index is 1300. The highest BCUT2D eigenvalue weighted by atomic mass is 79.9. The first kappa shape index (κ1) is 26.6. The molecule has 0 saturated carbocycles. The summed E-state index contributed by atoms with van der Waals surface area (Å²) < 4.78 is 6.81. The first-order chi connectivity index (χ1) is 17.8. The van der Waals surface area contributed by atoms with Crippen molar-refractivity contribution in [3.05, 3.63) is 105 Å². The Morgan fingerprint density at radius 2 is 1.68 bits per heavy atom. The lowest BCUT2D eigenvalue weighted by Crippen LogP contribution is -2.32. The average Bonchev–Trinajstić information content (AvgIpc) is 3.13. The minimum absolute atomic E-state index is 0.103. The van der Waals surface area contributed by atoms with Crippen LogP contribution in [0.4, 0.5) is 0 Å². The number of rotatable bonds is 9. The third-order valence-corrected chi connectivity index (χ3v) is 7.04. The van der Waals surface area contributed by atoms with E-state index < -0.39 is 17.7 Å². The maximum absolute atomic E-state index is 13.2. The van der Waals surface area contributed by atoms with Crippen LogP contribution in [-0.4, -0.2) is 53.8 Å². The fraction of sp³-hybridized carbons (Fsp3) is 0.267. The molecule has 0 aliphatic carbocycles. The highest BCUT2D eigenvalue weighted by Gasteiger charge is 2.45. The van der Waals surface area contributed by atoms with Gasteiger partial charge in [-0.2, -0.15) is 0 Å². The molecule has 192 valence electrons. The smallest absolute Gasteiger partial charge is 0.295 e. The molecule has 4 rings (SSSR count). The molecule has 6 nitrogen and oxygen atoms in total. The van der Waals surface area contributed by atoms with E-state index in [2.05, 4.69) is 15.9 Å². The van der Waals surface area contributed by atoms with Crippen molar-refractivity contribution < 1.29 is 19.4 Å². The van der Waals surface area contributed by atoms with Crippen LogP contribution >= 0.6 is 15.9 Å². The second-order valence-electron chi connectivity index (χ2n) is 9.44. The molecule has 1 amide bonds. The predicted octanol–water partition coefficient (Wildman–Crippen LogP) is 5.71. The van der Waals surface area contributed by atoms with Crippen molar-refractivity contribution in [2.45, 2.75) is 26.0 Å². The van der Waals surface area contributed by atoms with Crippen molar-refractivity contribution in [1.82, 2.24) is 9.80 Å². The van der Waals surface area contributed by atoms with Crippen LogP contribution in [0, 0.1) is 6.92 Å². The Balaban J connectivity index is 1.63. The van der Waals surface area contributed by atoms with Crippen molar-refractivity contribution in [3.63, 3.8) is 0 Å². The number of likely N-dealkylation sites (tertiary alicyclic amines) is 1. The number of halogens is 1. The van der Waals surface area contributed by atoms with E-state index in [4.69, 9.17) is 4.74 Å². The van der Waals surface area contributed by atoms with Gasteiger partial charge in [0.05, 0.1) is 11.6 Å². The molecule has 37 heavy (non-hydrogen) atoms. The molecule has 0 bridgehead atoms. The molecule has 1 aliphatic heterocycles. The van der Waals surface area contributed by atoms with E-state index in [9.17, 15) is 14.7 Å². The average molecular weight is 563 g/mol. The largest absolute Gasteiger partial charge is 0.507 e. The summed E-state index contributed by atoms with van der Waals surface area (Å²) in [5.41, 5.74) is 3.58. The lowest BCUT2D eigenvalue weighted by molar-refractivity contribution is -0.139. The number of hydrogen-bond acceptors (Lipinski definition) is 5. The van der Waals surface area contributed by atoms with Crippen LogP contribution in [0.3, 0.4) is 0 Å². The fourth-order valence-electron chi connectivity index (χ4n) is 4.46. The molecule has 1 heterocycles. The SMILES string of the molecule is Cc1ccccc1COc1ccc(C(O)=C2C(=O)C(=O)N(CCCN(C)C)C2c2ccc(Br)cc2)cc1. The van der Waals surface area contributed by atoms with Crippen molar-refractivity contribution in [3.8, 4) is 5.75 Å². The maximum Gasteiger partial charge on any atom is 0.295 e. The van der Waals surface area contributed by atoms with Gasteiger partial charge < -0.3 is 19.6 Å². The highest BCUT2D eigenvalue weighted by Crippen LogP contribution is 2.40. The minimum Gasteiger partial charge on any atom is -0.507 e. The molecule has 1 fully saturated rings. The van der Waals surface area contributed by atoms with E-state index in [0.717, 1.165) is 27.7 Å². The number of ether oxygens (including phenoxy) is 1. The highest BCUT2D eigenvalue weighted by molar-refractivity contribution is 9.10. The lowest BCUT2D eigenvalue weighted by Gasteiger charge is -2.26. The molecule has 0 spiro atoms. The molecule has 0 radical (unpaired) electrons. The fourth-order valence-corrected chi connectivity index (χ4v) is 4.72. The number of benzene rings is 3. The quantitative estimate of drug-likeness (QED) is 0.205. The Kier molecular flexibility index (Phi) is 8.46. The molecule has 0 aromatic heterocycles. The van der Waals surface area contributed by atoms with Gasteiger partial charge in [0.25, 0.3) is 11.7 Å². The van der Waals surface area contributed by atoms with Gasteiger partial charge in [-0.1, -0.05) is 52.3 Å². The molecule has 1 atom stereocenters. The van der Waals surface area contributed by atoms with Crippen LogP contribution in [-0.2, 0) is 16.2 Å². The van der Waals surface area contributed by atoms with Crippen LogP contribution in [0.15, 0.2) is 82.8 Å². The molecular formula is C30H31BrN2O4. The zero-order chi connectivity index (χ0) is 26.5. The minimum atomic E-state index is -0.671. The van der Waals surface area contributed by atoms with Crippen LogP contribution in [0.1, 0.15) is 34.7 Å². The van der Waals surface area contributed by atoms with E-state index in [0.29, 0.717) is 30.9 Å². The van der Waals surface area contributed by atoms with Crippen molar-refractivity contribution >= 4 is 33.4 Å². The summed E-state index contributed by atoms with van der Waals surface area (Å²) in [5, 5.41) is 11.3. The van der Waals surface area contributed by atoms with Crippen LogP contribution in [0.5, 0.6) is 5.75 Å². The summed E-state index contributed by atoms with van der Waals surface area (Å²) >= 11 is 3.44. The zero-order valence-corrected chi connectivity index (χ0v) is 22.9. The molecule has 7 heteroatoms. The second-order valence-corrected chi connectivity index (χ2v) is 10.4. The van der Waals surface area contributed by atoms with Crippen molar-refractivity contribution in [2.75, 3.05) is 27.2 Å². The number of nitrogens with zero attached hydrogens (tertiary/aromatic N) is 2. The number of hydrogen-bond donors (Lipinski definition) is 1. The number of aryl methyl sites for hydroxylation is 1. The number of amides is 1. The van der Waals surface area contributed by atoms with Crippen LogP contribution in [0.2, 0.25) is 0 Å². The standard InChI is InChI=1S/C30H31BrN2O4/c1-20-7-4-5-8-23(20)19-37-25-15-11-22(12-16-25)28(34)26-27(21-9-13-24(31)14-10-21)33(30(36)29(26)35)18-6-17-32(2)3/h4-5,7-16,27,34H,6,17-19H2,1-3H3. The van der Waals surface area contributed by atoms with E-state index >= 15 is 0 Å². The Labute approximate surface area is 226 Å². The van der Waals surface area contributed by atoms with Gasteiger partial charge in [-0.15, -0.1) is 0 Å². The van der Waals surface area contributed by atoms with Gasteiger partial charge in [0.2, 0.25) is 0 Å². The maximum atomic E-state index is 13.2. The molecule has 1 saturated heterocycles. The van der Waals surface area contributed by atoms with Gasteiger partial charge in [0.15, 0.2) is 0 Å². The summed E-state index contributed by atoms with van der Waals surface area (Å²) in [6.45, 7) is 3.66. The predicted molar refractivity (Wildman–Crippen MR) is 148 cm³/mol. The van der Waals surface area contributed by atoms with Gasteiger partial charge in [0, 0.05) is 16.6 Å². The number of Topliss-reactive ketones (excluding diaryl/α,β-unsaturated/α-hetero) is 1. The van der Waals surface area contributed by atoms with Gasteiger partial charge in [-0.25, -0.2) is 0 Å². The Morgan fingerprint density at radius 1 is 1.00 bits per heavy atom. The molecular weight excluding hydrogens is 532 g/mol. The third kappa shape index (κ3) is 6.12. The summed E-state index contributed by atoms with van der Waals surface area (Å²) in [7, 11) is 3.93. The number of aliphatic hydroxyl groups excluding tert-OH is 1. The van der Waals surface area contributed by atoms with Gasteiger partial charge in [-0.05, 0) is 87.1 Å². The third-order valence-electron chi connectivity index (χ3n) is 6.51. The molecule has 3 aromatic rings. The zero-order valence-electron chi connectivity index (χ0n) is 21.3.